The highest BCUT2D eigenvalue weighted by molar-refractivity contribution is 6.03. The fourth-order valence-corrected chi connectivity index (χ4v) is 3.54. The number of aromatic nitrogens is 2. The minimum Gasteiger partial charge on any atom is -0.385 e. The van der Waals surface area contributed by atoms with Crippen molar-refractivity contribution in [2.75, 3.05) is 25.6 Å². The van der Waals surface area contributed by atoms with E-state index in [-0.39, 0.29) is 11.8 Å². The number of benzene rings is 1. The zero-order valence-corrected chi connectivity index (χ0v) is 17.5. The van der Waals surface area contributed by atoms with Gasteiger partial charge < -0.3 is 19.9 Å². The summed E-state index contributed by atoms with van der Waals surface area (Å²) in [7, 11) is 1.63. The maximum absolute atomic E-state index is 12.9. The molecule has 2 heterocycles. The number of ether oxygens (including phenoxy) is 1. The van der Waals surface area contributed by atoms with E-state index >= 15 is 0 Å². The molecule has 0 atom stereocenters. The van der Waals surface area contributed by atoms with Crippen LogP contribution in [-0.2, 0) is 17.7 Å². The Balaban J connectivity index is 1.77. The molecule has 1 aliphatic rings. The number of carbonyl (C=O) groups is 2. The van der Waals surface area contributed by atoms with Gasteiger partial charge in [-0.3, -0.25) is 9.59 Å². The number of methoxy groups -OCH3 is 1. The van der Waals surface area contributed by atoms with E-state index in [1.165, 1.54) is 5.56 Å². The first-order valence-electron chi connectivity index (χ1n) is 10.3. The Bertz CT molecular complexity index is 856. The van der Waals surface area contributed by atoms with Gasteiger partial charge in [0.15, 0.2) is 5.82 Å². The molecule has 0 bridgehead atoms. The fourth-order valence-electron chi connectivity index (χ4n) is 3.54. The van der Waals surface area contributed by atoms with Crippen LogP contribution in [0, 0.1) is 0 Å². The lowest BCUT2D eigenvalue weighted by Gasteiger charge is -2.17. The lowest BCUT2D eigenvalue weighted by Crippen LogP contribution is -2.27. The summed E-state index contributed by atoms with van der Waals surface area (Å²) in [6.45, 7) is 6.07. The lowest BCUT2D eigenvalue weighted by molar-refractivity contribution is 0.0942. The molecule has 2 amide bonds. The summed E-state index contributed by atoms with van der Waals surface area (Å²) < 4.78 is 6.90. The van der Waals surface area contributed by atoms with Crippen molar-refractivity contribution >= 4 is 17.5 Å². The van der Waals surface area contributed by atoms with Gasteiger partial charge in [0, 0.05) is 32.5 Å². The number of fused-ring (bicyclic) bond motifs is 1. The van der Waals surface area contributed by atoms with Gasteiger partial charge in [0.1, 0.15) is 5.69 Å². The van der Waals surface area contributed by atoms with Crippen LogP contribution < -0.4 is 10.6 Å². The second-order valence-electron chi connectivity index (χ2n) is 7.67. The van der Waals surface area contributed by atoms with Crippen molar-refractivity contribution in [3.63, 3.8) is 0 Å². The number of rotatable bonds is 8. The van der Waals surface area contributed by atoms with Crippen molar-refractivity contribution in [1.29, 1.82) is 0 Å². The van der Waals surface area contributed by atoms with E-state index in [1.54, 1.807) is 7.11 Å². The van der Waals surface area contributed by atoms with E-state index < -0.39 is 0 Å². The number of amides is 2. The van der Waals surface area contributed by atoms with Gasteiger partial charge in [-0.15, -0.1) is 0 Å². The Kier molecular flexibility index (Phi) is 7.04. The van der Waals surface area contributed by atoms with Gasteiger partial charge in [0.25, 0.3) is 11.8 Å². The van der Waals surface area contributed by atoms with E-state index in [4.69, 9.17) is 4.74 Å². The van der Waals surface area contributed by atoms with Crippen molar-refractivity contribution in [2.45, 2.75) is 52.0 Å². The van der Waals surface area contributed by atoms with E-state index in [0.717, 1.165) is 37.1 Å². The van der Waals surface area contributed by atoms with Gasteiger partial charge in [-0.2, -0.15) is 0 Å². The van der Waals surface area contributed by atoms with Crippen LogP contribution in [0.1, 0.15) is 71.4 Å². The van der Waals surface area contributed by atoms with Crippen molar-refractivity contribution in [1.82, 2.24) is 14.9 Å². The molecule has 2 N–H and O–H groups in total. The lowest BCUT2D eigenvalue weighted by atomic mass is 10.0. The maximum atomic E-state index is 12.9. The van der Waals surface area contributed by atoms with Crippen LogP contribution in [0.4, 0.5) is 5.69 Å². The van der Waals surface area contributed by atoms with Gasteiger partial charge >= 0.3 is 0 Å². The maximum Gasteiger partial charge on any atom is 0.291 e. The molecule has 7 nitrogen and oxygen atoms in total. The fraction of sp³-hybridized carbons (Fsp3) is 0.500. The molecule has 0 aliphatic carbocycles. The third-order valence-corrected chi connectivity index (χ3v) is 5.18. The predicted octanol–water partition coefficient (Wildman–Crippen LogP) is 3.36. The number of hydrogen-bond acceptors (Lipinski definition) is 4. The van der Waals surface area contributed by atoms with Gasteiger partial charge in [0.05, 0.1) is 5.69 Å². The summed E-state index contributed by atoms with van der Waals surface area (Å²) in [5.41, 5.74) is 3.15. The molecule has 7 heteroatoms. The Labute approximate surface area is 171 Å². The van der Waals surface area contributed by atoms with Crippen LogP contribution in [-0.4, -0.2) is 41.6 Å². The molecule has 0 fully saturated rings. The Hall–Kier alpha value is -2.67. The van der Waals surface area contributed by atoms with Crippen LogP contribution in [0.3, 0.4) is 0 Å². The first-order chi connectivity index (χ1) is 14.0. The number of hydrogen-bond donors (Lipinski definition) is 2. The minimum atomic E-state index is -0.288. The third-order valence-electron chi connectivity index (χ3n) is 5.18. The second kappa shape index (κ2) is 9.69. The number of anilines is 1. The molecule has 1 aromatic carbocycles. The summed E-state index contributed by atoms with van der Waals surface area (Å²) in [4.78, 5) is 30.0. The molecule has 0 saturated heterocycles. The third kappa shape index (κ3) is 5.03. The largest absolute Gasteiger partial charge is 0.385 e. The summed E-state index contributed by atoms with van der Waals surface area (Å²) in [6.07, 6.45) is 3.46. The monoisotopic (exact) mass is 398 g/mol. The first-order valence-corrected chi connectivity index (χ1v) is 10.3. The quantitative estimate of drug-likeness (QED) is 0.668. The molecule has 0 saturated carbocycles. The molecule has 29 heavy (non-hydrogen) atoms. The minimum absolute atomic E-state index is 0.230. The average Bonchev–Trinajstić information content (AvgIpc) is 3.11. The highest BCUT2D eigenvalue weighted by Crippen LogP contribution is 2.23. The molecule has 156 valence electrons. The van der Waals surface area contributed by atoms with Crippen molar-refractivity contribution < 1.29 is 14.3 Å². The van der Waals surface area contributed by atoms with Gasteiger partial charge in [-0.25, -0.2) is 4.98 Å². The zero-order valence-electron chi connectivity index (χ0n) is 17.5. The number of imidazole rings is 1. The summed E-state index contributed by atoms with van der Waals surface area (Å²) >= 11 is 0. The molecule has 1 aromatic heterocycles. The standard InChI is InChI=1S/C22H30N4O3/c1-15(2)16-8-10-17(11-9-16)24-22(28)20-25-19(18-7-4-5-13-26(18)20)21(27)23-12-6-14-29-3/h8-11,15H,4-7,12-14H2,1-3H3,(H,23,27)(H,24,28). The van der Waals surface area contributed by atoms with E-state index in [2.05, 4.69) is 29.5 Å². The molecule has 0 unspecified atom stereocenters. The number of nitrogens with one attached hydrogen (secondary N) is 2. The van der Waals surface area contributed by atoms with Crippen LogP contribution in [0.25, 0.3) is 0 Å². The molecule has 2 aromatic rings. The van der Waals surface area contributed by atoms with Gasteiger partial charge in [-0.1, -0.05) is 26.0 Å². The molecular formula is C22H30N4O3. The molecule has 1 aliphatic heterocycles. The first kappa shape index (κ1) is 21.0. The Morgan fingerprint density at radius 2 is 1.93 bits per heavy atom. The highest BCUT2D eigenvalue weighted by Gasteiger charge is 2.27. The SMILES string of the molecule is COCCCNC(=O)c1nc(C(=O)Nc2ccc(C(C)C)cc2)n2c1CCCC2. The summed E-state index contributed by atoms with van der Waals surface area (Å²) in [5, 5.41) is 5.79. The number of nitrogens with zero attached hydrogens (tertiary/aromatic N) is 2. The topological polar surface area (TPSA) is 85.2 Å². The van der Waals surface area contributed by atoms with Crippen molar-refractivity contribution in [2.24, 2.45) is 0 Å². The van der Waals surface area contributed by atoms with E-state index in [0.29, 0.717) is 37.1 Å². The smallest absolute Gasteiger partial charge is 0.291 e. The van der Waals surface area contributed by atoms with Gasteiger partial charge in [-0.05, 0) is 49.3 Å². The average molecular weight is 399 g/mol. The number of carbonyl (C=O) groups excluding carboxylic acids is 2. The van der Waals surface area contributed by atoms with Crippen LogP contribution in [0.2, 0.25) is 0 Å². The Morgan fingerprint density at radius 3 is 2.62 bits per heavy atom. The molecule has 3 rings (SSSR count). The molecule has 0 spiro atoms. The summed E-state index contributed by atoms with van der Waals surface area (Å²) in [5.74, 6) is 0.217. The van der Waals surface area contributed by atoms with Crippen LogP contribution >= 0.6 is 0 Å². The normalized spacial score (nSPS) is 13.2. The predicted molar refractivity (Wildman–Crippen MR) is 112 cm³/mol. The Morgan fingerprint density at radius 1 is 1.17 bits per heavy atom. The molecule has 0 radical (unpaired) electrons. The highest BCUT2D eigenvalue weighted by atomic mass is 16.5. The molecular weight excluding hydrogens is 368 g/mol. The van der Waals surface area contributed by atoms with E-state index in [9.17, 15) is 9.59 Å². The van der Waals surface area contributed by atoms with Crippen molar-refractivity contribution in [3.05, 3.63) is 47.0 Å². The summed E-state index contributed by atoms with van der Waals surface area (Å²) in [6, 6.07) is 7.83. The van der Waals surface area contributed by atoms with E-state index in [1.807, 2.05) is 28.8 Å². The van der Waals surface area contributed by atoms with Gasteiger partial charge in [0.2, 0.25) is 0 Å². The van der Waals surface area contributed by atoms with Crippen LogP contribution in [0.15, 0.2) is 24.3 Å². The zero-order chi connectivity index (χ0) is 20.8. The second-order valence-corrected chi connectivity index (χ2v) is 7.67. The van der Waals surface area contributed by atoms with Crippen LogP contribution in [0.5, 0.6) is 0 Å². The van der Waals surface area contributed by atoms with Crippen molar-refractivity contribution in [3.8, 4) is 0 Å².